The van der Waals surface area contributed by atoms with E-state index < -0.39 is 0 Å². The highest BCUT2D eigenvalue weighted by molar-refractivity contribution is 5.98. The zero-order valence-corrected chi connectivity index (χ0v) is 26.7. The minimum atomic E-state index is 0.833. The van der Waals surface area contributed by atoms with Crippen molar-refractivity contribution in [1.82, 2.24) is 29.9 Å². The highest BCUT2D eigenvalue weighted by atomic mass is 14.8. The van der Waals surface area contributed by atoms with Gasteiger partial charge in [0.1, 0.15) is 0 Å². The molecule has 1 aromatic carbocycles. The van der Waals surface area contributed by atoms with Crippen LogP contribution in [0.1, 0.15) is 85.8 Å². The number of para-hydroxylation sites is 2. The van der Waals surface area contributed by atoms with E-state index >= 15 is 0 Å². The van der Waals surface area contributed by atoms with Crippen LogP contribution in [0, 0.1) is 20.8 Å². The minimum absolute atomic E-state index is 0.833. The molecule has 1 aliphatic rings. The normalized spacial score (nSPS) is 12.5. The number of aromatic amines is 3. The van der Waals surface area contributed by atoms with E-state index in [9.17, 15) is 0 Å². The smallest absolute Gasteiger partial charge is 0.0907 e. The van der Waals surface area contributed by atoms with Crippen molar-refractivity contribution in [2.45, 2.75) is 81.1 Å². The fraction of sp³-hybridized carbons (Fsp3) is 0.324. The largest absolute Gasteiger partial charge is 0.353 e. The lowest BCUT2D eigenvalue weighted by atomic mass is 10.0. The molecule has 0 saturated carbocycles. The van der Waals surface area contributed by atoms with E-state index in [1.807, 2.05) is 36.7 Å². The van der Waals surface area contributed by atoms with Crippen molar-refractivity contribution in [2.24, 2.45) is 0 Å². The van der Waals surface area contributed by atoms with Crippen LogP contribution >= 0.6 is 0 Å². The summed E-state index contributed by atoms with van der Waals surface area (Å²) in [6.45, 7) is 17.7. The van der Waals surface area contributed by atoms with Gasteiger partial charge in [0.05, 0.1) is 62.4 Å². The zero-order valence-electron chi connectivity index (χ0n) is 26.7. The number of nitrogens with zero attached hydrogens (tertiary/aromatic N) is 3. The van der Waals surface area contributed by atoms with Crippen LogP contribution in [-0.2, 0) is 19.3 Å². The summed E-state index contributed by atoms with van der Waals surface area (Å²) in [5.41, 5.74) is 20.4. The second kappa shape index (κ2) is 11.3. The molecule has 43 heavy (non-hydrogen) atoms. The molecule has 1 aliphatic heterocycles. The number of benzene rings is 1. The predicted molar refractivity (Wildman–Crippen MR) is 182 cm³/mol. The van der Waals surface area contributed by atoms with Crippen molar-refractivity contribution >= 4 is 55.3 Å². The van der Waals surface area contributed by atoms with Gasteiger partial charge in [-0.05, 0) is 116 Å². The van der Waals surface area contributed by atoms with Gasteiger partial charge in [0.15, 0.2) is 0 Å². The number of nitrogens with one attached hydrogen (secondary N) is 3. The summed E-state index contributed by atoms with van der Waals surface area (Å²) in [6.07, 6.45) is 7.59. The molecule has 5 aromatic rings. The van der Waals surface area contributed by atoms with Crippen LogP contribution in [0.2, 0.25) is 0 Å². The molecule has 6 nitrogen and oxygen atoms in total. The second-order valence-electron chi connectivity index (χ2n) is 11.6. The van der Waals surface area contributed by atoms with Gasteiger partial charge in [0.2, 0.25) is 0 Å². The molecule has 6 rings (SSSR count). The molecule has 0 unspecified atom stereocenters. The Bertz CT molecular complexity index is 2120. The Morgan fingerprint density at radius 2 is 1.05 bits per heavy atom. The van der Waals surface area contributed by atoms with Crippen LogP contribution in [0.5, 0.6) is 0 Å². The van der Waals surface area contributed by atoms with E-state index in [4.69, 9.17) is 15.0 Å². The number of fused-ring (bicyclic) bond motifs is 11. The summed E-state index contributed by atoms with van der Waals surface area (Å²) in [5, 5.41) is 0. The lowest BCUT2D eigenvalue weighted by Gasteiger charge is -2.00. The van der Waals surface area contributed by atoms with Gasteiger partial charge >= 0.3 is 0 Å². The summed E-state index contributed by atoms with van der Waals surface area (Å²) >= 11 is 0. The van der Waals surface area contributed by atoms with E-state index in [0.29, 0.717) is 0 Å². The maximum atomic E-state index is 5.30. The summed E-state index contributed by atoms with van der Waals surface area (Å²) in [4.78, 5) is 26.4. The number of H-pyrrole nitrogens is 3. The SMILES string of the molecule is CCC1=C(C)c2nc1cc1[nH]c(c(C)c1CC)c1[nH]c(cnc3ccccc3ncc3[nH]c2c(C)c3CC)c(CC)c1C. The van der Waals surface area contributed by atoms with E-state index in [0.717, 1.165) is 81.2 Å². The maximum Gasteiger partial charge on any atom is 0.0907 e. The number of rotatable bonds is 4. The highest BCUT2D eigenvalue weighted by Gasteiger charge is 2.20. The number of aryl methyl sites for hydroxylation is 6. The van der Waals surface area contributed by atoms with Gasteiger partial charge in [0, 0.05) is 5.52 Å². The first-order valence-corrected chi connectivity index (χ1v) is 15.6. The van der Waals surface area contributed by atoms with E-state index in [1.54, 1.807) is 0 Å². The summed E-state index contributed by atoms with van der Waals surface area (Å²) in [6, 6.07) is 10.3. The van der Waals surface area contributed by atoms with Crippen LogP contribution in [-0.4, -0.2) is 29.9 Å². The molecular weight excluding hydrogens is 528 g/mol. The van der Waals surface area contributed by atoms with E-state index in [2.05, 4.69) is 76.4 Å². The average Bonchev–Trinajstić information content (AvgIpc) is 3.70. The third-order valence-electron chi connectivity index (χ3n) is 9.32. The van der Waals surface area contributed by atoms with Crippen LogP contribution in [0.25, 0.3) is 55.3 Å². The third-order valence-corrected chi connectivity index (χ3v) is 9.32. The number of aromatic nitrogens is 6. The Hall–Kier alpha value is -4.45. The van der Waals surface area contributed by atoms with Crippen LogP contribution < -0.4 is 0 Å². The van der Waals surface area contributed by atoms with Gasteiger partial charge in [0.25, 0.3) is 0 Å². The van der Waals surface area contributed by atoms with Gasteiger partial charge in [-0.1, -0.05) is 39.8 Å². The van der Waals surface area contributed by atoms with Crippen LogP contribution in [0.15, 0.2) is 42.7 Å². The van der Waals surface area contributed by atoms with Crippen molar-refractivity contribution < 1.29 is 0 Å². The molecule has 6 heteroatoms. The molecule has 8 bridgehead atoms. The number of allylic oxidation sites excluding steroid dienone is 2. The third kappa shape index (κ3) is 4.69. The fourth-order valence-corrected chi connectivity index (χ4v) is 6.92. The summed E-state index contributed by atoms with van der Waals surface area (Å²) in [5.74, 6) is 0. The molecule has 0 amide bonds. The molecule has 5 heterocycles. The topological polar surface area (TPSA) is 86.0 Å². The van der Waals surface area contributed by atoms with Gasteiger partial charge in [-0.3, -0.25) is 9.97 Å². The molecular formula is C37H42N6. The van der Waals surface area contributed by atoms with Gasteiger partial charge in [-0.15, -0.1) is 0 Å². The predicted octanol–water partition coefficient (Wildman–Crippen LogP) is 9.55. The molecule has 0 fully saturated rings. The van der Waals surface area contributed by atoms with Crippen LogP contribution in [0.4, 0.5) is 0 Å². The standard InChI is InChI=1S/C37H42N6/c1-9-24-20(5)34-36-22(7)26(11-3)32(42-36)18-38-28-15-13-14-16-29(28)39-19-33-27(12-4)23(8)37(43-33)35-21(6)25(10-2)31(41-35)17-30(24)40-34/h13-19,40,42-43H,9-12H2,1-8H3. The Labute approximate surface area is 253 Å². The van der Waals surface area contributed by atoms with Crippen molar-refractivity contribution in [3.05, 3.63) is 87.5 Å². The van der Waals surface area contributed by atoms with Crippen molar-refractivity contribution in [3.63, 3.8) is 0 Å². The Morgan fingerprint density at radius 3 is 1.56 bits per heavy atom. The second-order valence-corrected chi connectivity index (χ2v) is 11.6. The molecule has 0 atom stereocenters. The first-order valence-electron chi connectivity index (χ1n) is 15.6. The van der Waals surface area contributed by atoms with E-state index in [-0.39, 0.29) is 0 Å². The highest BCUT2D eigenvalue weighted by Crippen LogP contribution is 2.37. The van der Waals surface area contributed by atoms with Crippen molar-refractivity contribution in [3.8, 4) is 0 Å². The first-order chi connectivity index (χ1) is 20.8. The molecule has 0 aliphatic carbocycles. The quantitative estimate of drug-likeness (QED) is 0.201. The monoisotopic (exact) mass is 570 g/mol. The van der Waals surface area contributed by atoms with Crippen molar-refractivity contribution in [1.29, 1.82) is 0 Å². The minimum Gasteiger partial charge on any atom is -0.353 e. The Balaban J connectivity index is 1.85. The molecule has 220 valence electrons. The van der Waals surface area contributed by atoms with Gasteiger partial charge in [-0.25, -0.2) is 4.98 Å². The van der Waals surface area contributed by atoms with Crippen LogP contribution in [0.3, 0.4) is 0 Å². The number of hydrogen-bond donors (Lipinski definition) is 3. The molecule has 0 radical (unpaired) electrons. The van der Waals surface area contributed by atoms with Gasteiger partial charge in [-0.2, -0.15) is 0 Å². The molecule has 0 saturated heterocycles. The lowest BCUT2D eigenvalue weighted by molar-refractivity contribution is 1.14. The Morgan fingerprint density at radius 1 is 0.581 bits per heavy atom. The van der Waals surface area contributed by atoms with Crippen molar-refractivity contribution in [2.75, 3.05) is 0 Å². The number of hydrogen-bond acceptors (Lipinski definition) is 3. The Kier molecular flexibility index (Phi) is 7.55. The first kappa shape index (κ1) is 28.7. The lowest BCUT2D eigenvalue weighted by Crippen LogP contribution is -1.84. The zero-order chi connectivity index (χ0) is 30.4. The summed E-state index contributed by atoms with van der Waals surface area (Å²) in [7, 11) is 0. The molecule has 3 N–H and O–H groups in total. The van der Waals surface area contributed by atoms with E-state index in [1.165, 1.54) is 44.5 Å². The molecule has 0 spiro atoms. The van der Waals surface area contributed by atoms with Gasteiger partial charge < -0.3 is 15.0 Å². The summed E-state index contributed by atoms with van der Waals surface area (Å²) < 4.78 is 0. The molecule has 4 aromatic heterocycles. The fourth-order valence-electron chi connectivity index (χ4n) is 6.92. The average molecular weight is 571 g/mol. The maximum absolute atomic E-state index is 5.30.